The van der Waals surface area contributed by atoms with Crippen LogP contribution in [0.25, 0.3) is 0 Å². The minimum atomic E-state index is -4.24. The predicted molar refractivity (Wildman–Crippen MR) is 148 cm³/mol. The van der Waals surface area contributed by atoms with E-state index in [0.717, 1.165) is 0 Å². The average molecular weight is 546 g/mol. The molecule has 0 saturated carbocycles. The van der Waals surface area contributed by atoms with Crippen molar-refractivity contribution in [3.8, 4) is 11.5 Å². The maximum atomic E-state index is 16.3. The molecule has 5 aromatic rings. The maximum absolute atomic E-state index is 16.3. The molecule has 0 aliphatic heterocycles. The van der Waals surface area contributed by atoms with Gasteiger partial charge in [0.15, 0.2) is 37.4 Å². The van der Waals surface area contributed by atoms with Gasteiger partial charge in [-0.05, 0) is 0 Å². The van der Waals surface area contributed by atoms with Gasteiger partial charge in [-0.3, -0.25) is 0 Å². The van der Waals surface area contributed by atoms with E-state index in [1.54, 1.807) is 72.8 Å². The second-order valence-electron chi connectivity index (χ2n) is 8.58. The van der Waals surface area contributed by atoms with E-state index in [1.807, 2.05) is 0 Å². The lowest BCUT2D eigenvalue weighted by atomic mass is 10.3. The van der Waals surface area contributed by atoms with E-state index in [9.17, 15) is 19.3 Å². The Hall–Kier alpha value is -3.98. The summed E-state index contributed by atoms with van der Waals surface area (Å²) in [7, 11) is -8.47. The molecule has 0 aliphatic rings. The summed E-state index contributed by atoms with van der Waals surface area (Å²) in [4.78, 5) is 0. The fourth-order valence-electron chi connectivity index (χ4n) is 4.58. The normalized spacial score (nSPS) is 11.8. The summed E-state index contributed by atoms with van der Waals surface area (Å²) >= 11 is 0. The third kappa shape index (κ3) is 3.98. The average Bonchev–Trinajstić information content (AvgIpc) is 2.98. The molecule has 190 valence electrons. The Morgan fingerprint density at radius 3 is 0.842 bits per heavy atom. The minimum Gasteiger partial charge on any atom is -0.504 e. The van der Waals surface area contributed by atoms with Crippen LogP contribution < -0.4 is 31.8 Å². The molecule has 4 nitrogen and oxygen atoms in total. The molecule has 0 unspecified atom stereocenters. The van der Waals surface area contributed by atoms with Crippen molar-refractivity contribution in [3.05, 3.63) is 133 Å². The van der Waals surface area contributed by atoms with E-state index >= 15 is 8.78 Å². The van der Waals surface area contributed by atoms with Crippen LogP contribution in [-0.4, -0.2) is 10.2 Å². The summed E-state index contributed by atoms with van der Waals surface area (Å²) in [5.74, 6) is -5.53. The first kappa shape index (κ1) is 25.7. The van der Waals surface area contributed by atoms with Gasteiger partial charge in [0, 0.05) is 21.2 Å². The summed E-state index contributed by atoms with van der Waals surface area (Å²) in [6, 6.07) is 31.2. The molecule has 0 spiro atoms. The van der Waals surface area contributed by atoms with Crippen LogP contribution in [0.3, 0.4) is 0 Å². The summed E-state index contributed by atoms with van der Waals surface area (Å²) in [6.45, 7) is 0. The highest BCUT2D eigenvalue weighted by Crippen LogP contribution is 2.52. The molecule has 2 N–H and O–H groups in total. The number of rotatable bonds is 6. The van der Waals surface area contributed by atoms with E-state index in [0.29, 0.717) is 0 Å². The third-order valence-electron chi connectivity index (χ3n) is 6.39. The van der Waals surface area contributed by atoms with Gasteiger partial charge in [-0.1, -0.05) is 121 Å². The van der Waals surface area contributed by atoms with Crippen LogP contribution in [0, 0.1) is 11.6 Å². The number of hydrogen-bond donors (Lipinski definition) is 2. The molecule has 0 bridgehead atoms. The zero-order valence-electron chi connectivity index (χ0n) is 19.9. The van der Waals surface area contributed by atoms with Gasteiger partial charge in [0.25, 0.3) is 0 Å². The van der Waals surface area contributed by atoms with Gasteiger partial charge in [0.05, 0.1) is 0 Å². The van der Waals surface area contributed by atoms with Gasteiger partial charge < -0.3 is 19.3 Å². The Morgan fingerprint density at radius 2 is 0.632 bits per heavy atom. The Kier molecular flexibility index (Phi) is 6.79. The molecular formula is C30H22F2O4P2. The zero-order chi connectivity index (χ0) is 26.9. The lowest BCUT2D eigenvalue weighted by molar-refractivity contribution is 0.409. The van der Waals surface area contributed by atoms with Crippen molar-refractivity contribution in [1.29, 1.82) is 0 Å². The molecule has 38 heavy (non-hydrogen) atoms. The number of hydrogen-bond acceptors (Lipinski definition) is 4. The van der Waals surface area contributed by atoms with Crippen molar-refractivity contribution in [3.63, 3.8) is 0 Å². The molecule has 0 heterocycles. The quantitative estimate of drug-likeness (QED) is 0.240. The van der Waals surface area contributed by atoms with Crippen molar-refractivity contribution in [2.75, 3.05) is 0 Å². The third-order valence-corrected chi connectivity index (χ3v) is 12.6. The fourth-order valence-corrected chi connectivity index (χ4v) is 10.1. The van der Waals surface area contributed by atoms with Gasteiger partial charge >= 0.3 is 0 Å². The highest BCUT2D eigenvalue weighted by atomic mass is 31.2. The van der Waals surface area contributed by atoms with Crippen LogP contribution in [0.15, 0.2) is 121 Å². The van der Waals surface area contributed by atoms with Gasteiger partial charge in [-0.2, -0.15) is 0 Å². The first-order valence-electron chi connectivity index (χ1n) is 11.7. The number of phenolic OH excluding ortho intramolecular Hbond substituents is 2. The fraction of sp³-hybridized carbons (Fsp3) is 0. The van der Waals surface area contributed by atoms with Gasteiger partial charge in [-0.25, -0.2) is 8.78 Å². The Morgan fingerprint density at radius 1 is 0.421 bits per heavy atom. The van der Waals surface area contributed by atoms with Crippen molar-refractivity contribution >= 4 is 46.1 Å². The first-order chi connectivity index (χ1) is 18.3. The number of aromatic hydroxyl groups is 2. The highest BCUT2D eigenvalue weighted by molar-refractivity contribution is 7.86. The van der Waals surface area contributed by atoms with E-state index in [2.05, 4.69) is 0 Å². The number of phenols is 2. The molecular weight excluding hydrogens is 524 g/mol. The van der Waals surface area contributed by atoms with Crippen molar-refractivity contribution < 1.29 is 28.1 Å². The van der Waals surface area contributed by atoms with E-state index in [1.165, 1.54) is 48.5 Å². The van der Waals surface area contributed by atoms with Crippen molar-refractivity contribution in [1.82, 2.24) is 0 Å². The van der Waals surface area contributed by atoms with Crippen LogP contribution >= 0.6 is 14.3 Å². The van der Waals surface area contributed by atoms with Crippen LogP contribution in [0.5, 0.6) is 11.5 Å². The maximum Gasteiger partial charge on any atom is 0.180 e. The summed E-state index contributed by atoms with van der Waals surface area (Å²) in [5.41, 5.74) is 0. The van der Waals surface area contributed by atoms with Crippen molar-refractivity contribution in [2.45, 2.75) is 0 Å². The summed E-state index contributed by atoms with van der Waals surface area (Å²) < 4.78 is 62.0. The lowest BCUT2D eigenvalue weighted by Crippen LogP contribution is -2.33. The SMILES string of the molecule is O=P(c1ccccc1)(c1ccccc1)c1c(O)c(F)c(P(=O)(c2ccccc2)c2ccccc2)c(O)c1F. The molecule has 0 fully saturated rings. The lowest BCUT2D eigenvalue weighted by Gasteiger charge is -2.26. The molecule has 0 aliphatic carbocycles. The molecule has 0 aromatic heterocycles. The van der Waals surface area contributed by atoms with E-state index in [-0.39, 0.29) is 21.2 Å². The smallest absolute Gasteiger partial charge is 0.180 e. The first-order valence-corrected chi connectivity index (χ1v) is 15.1. The second kappa shape index (κ2) is 10.1. The second-order valence-corrected chi connectivity index (χ2v) is 14.0. The van der Waals surface area contributed by atoms with Crippen LogP contribution in [0.4, 0.5) is 8.78 Å². The summed E-state index contributed by atoms with van der Waals surface area (Å²) in [6.07, 6.45) is 0. The standard InChI is InChI=1S/C30H22F2O4P2/c31-25-28(34)30(38(36,23-17-9-3-10-18-23)24-19-11-4-12-20-24)26(32)27(33)29(25)37(35,21-13-5-1-6-14-21)22-15-7-2-8-16-22/h1-20,33-34H. The molecule has 0 radical (unpaired) electrons. The Labute approximate surface area is 218 Å². The van der Waals surface area contributed by atoms with Crippen LogP contribution in [0.1, 0.15) is 0 Å². The molecule has 0 saturated heterocycles. The van der Waals surface area contributed by atoms with E-state index in [4.69, 9.17) is 0 Å². The topological polar surface area (TPSA) is 74.6 Å². The molecule has 0 amide bonds. The zero-order valence-corrected chi connectivity index (χ0v) is 21.7. The predicted octanol–water partition coefficient (Wildman–Crippen LogP) is 4.65. The molecule has 5 rings (SSSR count). The van der Waals surface area contributed by atoms with Crippen LogP contribution in [-0.2, 0) is 9.13 Å². The van der Waals surface area contributed by atoms with Crippen molar-refractivity contribution in [2.24, 2.45) is 0 Å². The number of benzene rings is 5. The molecule has 0 atom stereocenters. The Balaban J connectivity index is 1.88. The minimum absolute atomic E-state index is 0.126. The van der Waals surface area contributed by atoms with Gasteiger partial charge in [0.2, 0.25) is 0 Å². The highest BCUT2D eigenvalue weighted by Gasteiger charge is 2.44. The largest absolute Gasteiger partial charge is 0.504 e. The van der Waals surface area contributed by atoms with E-state index < -0.39 is 48.0 Å². The summed E-state index contributed by atoms with van der Waals surface area (Å²) in [5, 5.41) is 21.1. The monoisotopic (exact) mass is 546 g/mol. The number of halogens is 2. The van der Waals surface area contributed by atoms with Crippen LogP contribution in [0.2, 0.25) is 0 Å². The molecule has 8 heteroatoms. The Bertz CT molecular complexity index is 1450. The van der Waals surface area contributed by atoms with Gasteiger partial charge in [0.1, 0.15) is 10.6 Å². The molecule has 5 aromatic carbocycles. The van der Waals surface area contributed by atoms with Gasteiger partial charge in [-0.15, -0.1) is 0 Å².